The summed E-state index contributed by atoms with van der Waals surface area (Å²) in [7, 11) is -4.58. The van der Waals surface area contributed by atoms with Gasteiger partial charge in [-0.05, 0) is 36.4 Å². The number of aromatic nitrogens is 1. The zero-order valence-corrected chi connectivity index (χ0v) is 18.7. The van der Waals surface area contributed by atoms with E-state index >= 15 is 0 Å². The Hall–Kier alpha value is -3.35. The van der Waals surface area contributed by atoms with Gasteiger partial charge in [-0.3, -0.25) is 24.3 Å². The van der Waals surface area contributed by atoms with Gasteiger partial charge in [-0.2, -0.15) is 13.2 Å². The molecule has 0 aliphatic carbocycles. The predicted octanol–water partition coefficient (Wildman–Crippen LogP) is 3.46. The Balaban J connectivity index is 2.12. The molecule has 0 bridgehead atoms. The minimum atomic E-state index is -5.03. The van der Waals surface area contributed by atoms with E-state index in [1.54, 1.807) is 0 Å². The van der Waals surface area contributed by atoms with Gasteiger partial charge >= 0.3 is 6.18 Å². The zero-order valence-electron chi connectivity index (χ0n) is 16.4. The van der Waals surface area contributed by atoms with Crippen molar-refractivity contribution >= 4 is 50.7 Å². The van der Waals surface area contributed by atoms with E-state index < -0.39 is 71.5 Å². The number of amides is 2. The normalized spacial score (nSPS) is 13.7. The van der Waals surface area contributed by atoms with Crippen LogP contribution in [0.3, 0.4) is 0 Å². The fourth-order valence-corrected chi connectivity index (χ4v) is 5.33. The van der Waals surface area contributed by atoms with Crippen LogP contribution >= 0.6 is 23.2 Å². The number of nitrogens with two attached hydrogens (primary N) is 1. The number of nitrogens with one attached hydrogen (secondary N) is 1. The Kier molecular flexibility index (Phi) is 5.50. The number of anilines is 1. The van der Waals surface area contributed by atoms with Crippen molar-refractivity contribution in [3.8, 4) is 5.69 Å². The van der Waals surface area contributed by atoms with Gasteiger partial charge in [0.1, 0.15) is 5.82 Å². The summed E-state index contributed by atoms with van der Waals surface area (Å²) in [5.74, 6) is -2.66. The Morgan fingerprint density at radius 3 is 2.15 bits per heavy atom. The molecule has 3 aromatic rings. The zero-order chi connectivity index (χ0) is 25.2. The highest BCUT2D eigenvalue weighted by Crippen LogP contribution is 2.40. The third-order valence-electron chi connectivity index (χ3n) is 4.96. The molecule has 0 radical (unpaired) electrons. The number of halogens is 5. The van der Waals surface area contributed by atoms with Crippen molar-refractivity contribution in [2.45, 2.75) is 16.0 Å². The maximum Gasteiger partial charge on any atom is 0.417 e. The first-order valence-corrected chi connectivity index (χ1v) is 11.3. The van der Waals surface area contributed by atoms with Gasteiger partial charge in [0.15, 0.2) is 0 Å². The third-order valence-corrected chi connectivity index (χ3v) is 7.33. The minimum absolute atomic E-state index is 0.194. The lowest BCUT2D eigenvalue weighted by molar-refractivity contribution is -0.137. The van der Waals surface area contributed by atoms with Crippen molar-refractivity contribution in [3.63, 3.8) is 0 Å². The molecule has 0 spiro atoms. The summed E-state index contributed by atoms with van der Waals surface area (Å²) in [6, 6.07) is 6.24. The van der Waals surface area contributed by atoms with Gasteiger partial charge in [0.25, 0.3) is 17.4 Å². The summed E-state index contributed by atoms with van der Waals surface area (Å²) in [5, 5.41) is 1.15. The van der Waals surface area contributed by atoms with Crippen LogP contribution in [0.25, 0.3) is 5.69 Å². The summed E-state index contributed by atoms with van der Waals surface area (Å²) in [4.78, 5) is 35.7. The second kappa shape index (κ2) is 7.86. The molecule has 8 nitrogen and oxygen atoms in total. The molecule has 3 N–H and O–H groups in total. The Morgan fingerprint density at radius 2 is 1.56 bits per heavy atom. The van der Waals surface area contributed by atoms with Gasteiger partial charge < -0.3 is 5.73 Å². The molecule has 14 heteroatoms. The topological polar surface area (TPSA) is 128 Å². The van der Waals surface area contributed by atoms with Gasteiger partial charge in [-0.1, -0.05) is 23.2 Å². The lowest BCUT2D eigenvalue weighted by Gasteiger charge is -2.19. The van der Waals surface area contributed by atoms with Crippen molar-refractivity contribution in [2.75, 3.05) is 5.73 Å². The number of carbonyl (C=O) groups excluding carboxylic acids is 2. The predicted molar refractivity (Wildman–Crippen MR) is 115 cm³/mol. The fourth-order valence-electron chi connectivity index (χ4n) is 3.42. The van der Waals surface area contributed by atoms with E-state index in [-0.39, 0.29) is 9.92 Å². The molecule has 34 heavy (non-hydrogen) atoms. The molecule has 0 saturated carbocycles. The molecule has 2 heterocycles. The number of fused-ring (bicyclic) bond motifs is 1. The van der Waals surface area contributed by atoms with Crippen LogP contribution in [0.4, 0.5) is 19.0 Å². The van der Waals surface area contributed by atoms with Gasteiger partial charge in [-0.25, -0.2) is 8.42 Å². The molecule has 0 fully saturated rings. The maximum absolute atomic E-state index is 13.6. The highest BCUT2D eigenvalue weighted by Gasteiger charge is 2.38. The van der Waals surface area contributed by atoms with E-state index in [4.69, 9.17) is 28.9 Å². The number of rotatable bonds is 3. The molecule has 176 valence electrons. The molecule has 1 aliphatic heterocycles. The first-order chi connectivity index (χ1) is 15.7. The number of benzene rings is 2. The first-order valence-electron chi connectivity index (χ1n) is 9.06. The van der Waals surface area contributed by atoms with Crippen molar-refractivity contribution in [1.82, 2.24) is 9.88 Å². The average Bonchev–Trinajstić information content (AvgIpc) is 3.01. The van der Waals surface area contributed by atoms with Gasteiger partial charge in [0, 0.05) is 11.1 Å². The van der Waals surface area contributed by atoms with E-state index in [0.717, 1.165) is 12.1 Å². The molecule has 2 amide bonds. The van der Waals surface area contributed by atoms with Crippen LogP contribution in [0.1, 0.15) is 26.3 Å². The van der Waals surface area contributed by atoms with Crippen LogP contribution in [0.15, 0.2) is 57.1 Å². The number of hydrogen-bond donors (Lipinski definition) is 2. The van der Waals surface area contributed by atoms with Crippen molar-refractivity contribution in [2.24, 2.45) is 0 Å². The van der Waals surface area contributed by atoms with E-state index in [0.29, 0.717) is 22.8 Å². The number of hydrogen-bond acceptors (Lipinski definition) is 6. The molecule has 1 aliphatic rings. The van der Waals surface area contributed by atoms with Gasteiger partial charge in [0.05, 0.1) is 37.2 Å². The van der Waals surface area contributed by atoms with Crippen molar-refractivity contribution in [1.29, 1.82) is 0 Å². The summed E-state index contributed by atoms with van der Waals surface area (Å²) in [6.07, 6.45) is -5.03. The number of nitrogen functional groups attached to an aromatic ring is 1. The van der Waals surface area contributed by atoms with Gasteiger partial charge in [0.2, 0.25) is 9.84 Å². The van der Waals surface area contributed by atoms with Gasteiger partial charge in [-0.15, -0.1) is 0 Å². The van der Waals surface area contributed by atoms with Crippen molar-refractivity contribution < 1.29 is 31.2 Å². The molecular weight excluding hydrogens is 522 g/mol. The molecule has 4 rings (SSSR count). The lowest BCUT2D eigenvalue weighted by Crippen LogP contribution is -2.26. The number of imide groups is 1. The number of alkyl halides is 3. The van der Waals surface area contributed by atoms with E-state index in [1.165, 1.54) is 12.1 Å². The number of pyridine rings is 1. The molecule has 0 atom stereocenters. The summed E-state index contributed by atoms with van der Waals surface area (Å²) in [5.41, 5.74) is 1.62. The Bertz CT molecular complexity index is 1570. The Labute approximate surface area is 198 Å². The molecular formula is C20H10Cl2F3N3O5S. The standard InChI is InChI=1S/C20H10Cl2F3N3O5S/c21-8-1-3-9(4-2-8)34(32,33)14-7-12(22)11(20(23,24)25)6-13(14)28-15(29)5-10-16(17(28)26)19(31)27-18(10)30/h1-7H,26H2,(H,27,30,31). The lowest BCUT2D eigenvalue weighted by atomic mass is 10.1. The SMILES string of the molecule is Nc1c2c(cc(=O)n1-c1cc(C(F)(F)F)c(Cl)cc1S(=O)(=O)c1ccc(Cl)cc1)C(=O)NC2=O. The molecule has 0 saturated heterocycles. The second-order valence-corrected chi connectivity index (χ2v) is 9.79. The second-order valence-electron chi connectivity index (χ2n) is 7.03. The molecule has 0 unspecified atom stereocenters. The smallest absolute Gasteiger partial charge is 0.384 e. The van der Waals surface area contributed by atoms with E-state index in [2.05, 4.69) is 0 Å². The molecule has 1 aromatic heterocycles. The average molecular weight is 532 g/mol. The Morgan fingerprint density at radius 1 is 0.941 bits per heavy atom. The van der Waals surface area contributed by atoms with E-state index in [9.17, 15) is 36.0 Å². The van der Waals surface area contributed by atoms with Crippen LogP contribution in [0.5, 0.6) is 0 Å². The molecule has 2 aromatic carbocycles. The van der Waals surface area contributed by atoms with Crippen LogP contribution in [-0.2, 0) is 16.0 Å². The third kappa shape index (κ3) is 3.73. The summed E-state index contributed by atoms with van der Waals surface area (Å²) >= 11 is 11.6. The number of carbonyl (C=O) groups is 2. The quantitative estimate of drug-likeness (QED) is 0.498. The number of nitrogens with zero attached hydrogens (tertiary/aromatic N) is 1. The summed E-state index contributed by atoms with van der Waals surface area (Å²) < 4.78 is 67.9. The van der Waals surface area contributed by atoms with E-state index in [1.807, 2.05) is 5.32 Å². The highest BCUT2D eigenvalue weighted by molar-refractivity contribution is 7.91. The van der Waals surface area contributed by atoms with Crippen LogP contribution in [0.2, 0.25) is 10.0 Å². The van der Waals surface area contributed by atoms with Crippen LogP contribution in [0, 0.1) is 0 Å². The largest absolute Gasteiger partial charge is 0.417 e. The van der Waals surface area contributed by atoms with Crippen LogP contribution < -0.4 is 16.6 Å². The fraction of sp³-hybridized carbons (Fsp3) is 0.0500. The maximum atomic E-state index is 13.6. The first kappa shape index (κ1) is 23.8. The minimum Gasteiger partial charge on any atom is -0.384 e. The monoisotopic (exact) mass is 531 g/mol. The highest BCUT2D eigenvalue weighted by atomic mass is 35.5. The van der Waals surface area contributed by atoms with Crippen molar-refractivity contribution in [3.05, 3.63) is 79.6 Å². The number of sulfone groups is 1. The summed E-state index contributed by atoms with van der Waals surface area (Å²) in [6.45, 7) is 0. The van der Waals surface area contributed by atoms with Crippen LogP contribution in [-0.4, -0.2) is 24.8 Å².